The van der Waals surface area contributed by atoms with Gasteiger partial charge in [0.05, 0.1) is 11.8 Å². The highest BCUT2D eigenvalue weighted by atomic mass is 32.2. The first-order valence-corrected chi connectivity index (χ1v) is 9.06. The quantitative estimate of drug-likeness (QED) is 0.771. The second-order valence-electron chi connectivity index (χ2n) is 5.18. The van der Waals surface area contributed by atoms with E-state index in [1.165, 1.54) is 4.90 Å². The molecular weight excluding hydrogens is 320 g/mol. The number of nitrogens with zero attached hydrogens (tertiary/aromatic N) is 2. The van der Waals surface area contributed by atoms with Crippen LogP contribution in [0.25, 0.3) is 0 Å². The molecule has 0 aromatic heterocycles. The highest BCUT2D eigenvalue weighted by molar-refractivity contribution is 8.14. The Morgan fingerprint density at radius 2 is 1.95 bits per heavy atom. The molecule has 5 nitrogen and oxygen atoms in total. The Balaban J connectivity index is 1.40. The summed E-state index contributed by atoms with van der Waals surface area (Å²) in [6.07, 6.45) is 0.475. The van der Waals surface area contributed by atoms with Crippen molar-refractivity contribution < 1.29 is 14.4 Å². The Hall–Kier alpha value is -1.47. The topological polar surface area (TPSA) is 57.7 Å². The number of likely N-dealkylation sites (tertiary alicyclic amines) is 1. The first-order chi connectivity index (χ1) is 10.6. The number of carbonyl (C=O) groups excluding carboxylic acids is 3. The second-order valence-corrected chi connectivity index (χ2v) is 7.28. The minimum absolute atomic E-state index is 0.0893. The van der Waals surface area contributed by atoms with E-state index in [2.05, 4.69) is 0 Å². The van der Waals surface area contributed by atoms with Gasteiger partial charge in [-0.15, -0.1) is 11.8 Å². The van der Waals surface area contributed by atoms with Crippen LogP contribution in [0.1, 0.15) is 6.42 Å². The van der Waals surface area contributed by atoms with Gasteiger partial charge in [0, 0.05) is 30.2 Å². The molecule has 0 spiro atoms. The molecule has 1 aromatic rings. The summed E-state index contributed by atoms with van der Waals surface area (Å²) in [4.78, 5) is 39.4. The van der Waals surface area contributed by atoms with Crippen molar-refractivity contribution in [2.24, 2.45) is 0 Å². The first-order valence-electron chi connectivity index (χ1n) is 7.09. The zero-order valence-corrected chi connectivity index (χ0v) is 13.6. The number of thioether (sulfide) groups is 2. The minimum atomic E-state index is -0.179. The number of amides is 3. The molecule has 3 rings (SSSR count). The predicted octanol–water partition coefficient (Wildman–Crippen LogP) is 2.08. The van der Waals surface area contributed by atoms with Crippen LogP contribution in [-0.2, 0) is 9.59 Å². The largest absolute Gasteiger partial charge is 0.338 e. The van der Waals surface area contributed by atoms with Crippen molar-refractivity contribution in [3.63, 3.8) is 0 Å². The van der Waals surface area contributed by atoms with Gasteiger partial charge in [0.2, 0.25) is 11.8 Å². The Kier molecular flexibility index (Phi) is 4.73. The molecule has 3 amide bonds. The lowest BCUT2D eigenvalue weighted by atomic mass is 10.1. The summed E-state index contributed by atoms with van der Waals surface area (Å²) in [5.74, 6) is 0.927. The van der Waals surface area contributed by atoms with Gasteiger partial charge in [0.1, 0.15) is 0 Å². The Labute approximate surface area is 137 Å². The highest BCUT2D eigenvalue weighted by Crippen LogP contribution is 2.27. The summed E-state index contributed by atoms with van der Waals surface area (Å²) in [7, 11) is 0. The molecule has 2 saturated heterocycles. The van der Waals surface area contributed by atoms with Crippen molar-refractivity contribution in [1.82, 2.24) is 9.80 Å². The van der Waals surface area contributed by atoms with Gasteiger partial charge >= 0.3 is 0 Å². The van der Waals surface area contributed by atoms with Crippen LogP contribution in [0, 0.1) is 0 Å². The predicted molar refractivity (Wildman–Crippen MR) is 86.9 cm³/mol. The third kappa shape index (κ3) is 3.30. The maximum Gasteiger partial charge on any atom is 0.289 e. The van der Waals surface area contributed by atoms with Gasteiger partial charge in [-0.3, -0.25) is 19.3 Å². The monoisotopic (exact) mass is 336 g/mol. The van der Waals surface area contributed by atoms with Gasteiger partial charge in [-0.2, -0.15) is 0 Å². The highest BCUT2D eigenvalue weighted by Gasteiger charge is 2.43. The van der Waals surface area contributed by atoms with Crippen LogP contribution < -0.4 is 0 Å². The molecule has 0 aliphatic carbocycles. The lowest BCUT2D eigenvalue weighted by molar-refractivity contribution is -0.141. The van der Waals surface area contributed by atoms with E-state index in [-0.39, 0.29) is 28.8 Å². The molecule has 2 fully saturated rings. The standard InChI is InChI=1S/C15H16N2O3S2/c18-13(6-7-21-12-4-2-1-3-5-12)16-8-11(9-16)17-14(19)10-22-15(17)20/h1-5,11H,6-10H2. The lowest BCUT2D eigenvalue weighted by Crippen LogP contribution is -2.62. The first kappa shape index (κ1) is 15.4. The molecule has 2 aliphatic heterocycles. The smallest absolute Gasteiger partial charge is 0.289 e. The van der Waals surface area contributed by atoms with Crippen LogP contribution >= 0.6 is 23.5 Å². The third-order valence-electron chi connectivity index (χ3n) is 3.69. The molecule has 0 unspecified atom stereocenters. The zero-order valence-electron chi connectivity index (χ0n) is 11.9. The van der Waals surface area contributed by atoms with E-state index in [9.17, 15) is 14.4 Å². The number of hydrogen-bond donors (Lipinski definition) is 0. The van der Waals surface area contributed by atoms with Gasteiger partial charge in [-0.1, -0.05) is 30.0 Å². The Morgan fingerprint density at radius 1 is 1.23 bits per heavy atom. The molecule has 7 heteroatoms. The number of rotatable bonds is 5. The molecule has 116 valence electrons. The summed E-state index contributed by atoms with van der Waals surface area (Å²) in [6.45, 7) is 0.958. The molecule has 2 heterocycles. The zero-order chi connectivity index (χ0) is 15.5. The fraction of sp³-hybridized carbons (Fsp3) is 0.400. The van der Waals surface area contributed by atoms with E-state index < -0.39 is 0 Å². The average Bonchev–Trinajstić information content (AvgIpc) is 2.79. The fourth-order valence-corrected chi connectivity index (χ4v) is 4.11. The number of carbonyl (C=O) groups is 3. The van der Waals surface area contributed by atoms with Crippen molar-refractivity contribution in [3.05, 3.63) is 30.3 Å². The second kappa shape index (κ2) is 6.75. The van der Waals surface area contributed by atoms with Crippen LogP contribution in [-0.4, -0.2) is 57.5 Å². The van der Waals surface area contributed by atoms with Crippen molar-refractivity contribution in [2.75, 3.05) is 24.6 Å². The van der Waals surface area contributed by atoms with Gasteiger partial charge in [-0.25, -0.2) is 0 Å². The maximum absolute atomic E-state index is 12.1. The van der Waals surface area contributed by atoms with Crippen molar-refractivity contribution >= 4 is 40.6 Å². The maximum atomic E-state index is 12.1. The number of imide groups is 1. The van der Waals surface area contributed by atoms with Crippen molar-refractivity contribution in [1.29, 1.82) is 0 Å². The third-order valence-corrected chi connectivity index (χ3v) is 5.54. The van der Waals surface area contributed by atoms with Gasteiger partial charge in [0.25, 0.3) is 5.24 Å². The van der Waals surface area contributed by atoms with Gasteiger partial charge in [0.15, 0.2) is 0 Å². The summed E-state index contributed by atoms with van der Waals surface area (Å²) in [5.41, 5.74) is 0. The molecule has 0 bridgehead atoms. The Morgan fingerprint density at radius 3 is 2.59 bits per heavy atom. The molecule has 0 atom stereocenters. The summed E-state index contributed by atoms with van der Waals surface area (Å²) >= 11 is 2.70. The van der Waals surface area contributed by atoms with Crippen LogP contribution in [0.15, 0.2) is 35.2 Å². The van der Waals surface area contributed by atoms with Crippen LogP contribution in [0.2, 0.25) is 0 Å². The van der Waals surface area contributed by atoms with Crippen LogP contribution in [0.5, 0.6) is 0 Å². The number of hydrogen-bond acceptors (Lipinski definition) is 5. The van der Waals surface area contributed by atoms with E-state index in [1.807, 2.05) is 30.3 Å². The number of benzene rings is 1. The van der Waals surface area contributed by atoms with E-state index in [0.29, 0.717) is 19.5 Å². The average molecular weight is 336 g/mol. The summed E-state index contributed by atoms with van der Waals surface area (Å²) in [6, 6.07) is 9.85. The molecular formula is C15H16N2O3S2. The fourth-order valence-electron chi connectivity index (χ4n) is 2.47. The van der Waals surface area contributed by atoms with E-state index in [1.54, 1.807) is 16.7 Å². The molecule has 0 N–H and O–H groups in total. The lowest BCUT2D eigenvalue weighted by Gasteiger charge is -2.42. The van der Waals surface area contributed by atoms with Crippen molar-refractivity contribution in [3.8, 4) is 0 Å². The molecule has 1 aromatic carbocycles. The van der Waals surface area contributed by atoms with E-state index in [0.717, 1.165) is 22.4 Å². The Bertz CT molecular complexity index is 572. The molecule has 0 saturated carbocycles. The van der Waals surface area contributed by atoms with Crippen molar-refractivity contribution in [2.45, 2.75) is 17.4 Å². The minimum Gasteiger partial charge on any atom is -0.338 e. The van der Waals surface area contributed by atoms with E-state index in [4.69, 9.17) is 0 Å². The molecule has 2 aliphatic rings. The van der Waals surface area contributed by atoms with Crippen LogP contribution in [0.4, 0.5) is 4.79 Å². The van der Waals surface area contributed by atoms with Gasteiger partial charge < -0.3 is 4.90 Å². The summed E-state index contributed by atoms with van der Waals surface area (Å²) in [5, 5.41) is -0.179. The van der Waals surface area contributed by atoms with Crippen LogP contribution in [0.3, 0.4) is 0 Å². The van der Waals surface area contributed by atoms with Gasteiger partial charge in [-0.05, 0) is 12.1 Å². The van der Waals surface area contributed by atoms with E-state index >= 15 is 0 Å². The molecule has 0 radical (unpaired) electrons. The SMILES string of the molecule is O=C(CCSc1ccccc1)N1CC(N2C(=O)CSC2=O)C1. The normalized spacial score (nSPS) is 18.7. The summed E-state index contributed by atoms with van der Waals surface area (Å²) < 4.78 is 0. The molecule has 22 heavy (non-hydrogen) atoms.